The van der Waals surface area contributed by atoms with Crippen molar-refractivity contribution in [2.45, 2.75) is 6.10 Å². The second kappa shape index (κ2) is 7.10. The zero-order valence-corrected chi connectivity index (χ0v) is 15.9. The third-order valence-electron chi connectivity index (χ3n) is 4.26. The lowest BCUT2D eigenvalue weighted by molar-refractivity contribution is 0.0963. The Balaban J connectivity index is 1.93. The number of aliphatic hydroxyl groups is 1. The Hall–Kier alpha value is -2.75. The number of imidazole rings is 1. The summed E-state index contributed by atoms with van der Waals surface area (Å²) >= 11 is 0. The van der Waals surface area contributed by atoms with E-state index in [4.69, 9.17) is 0 Å². The van der Waals surface area contributed by atoms with Gasteiger partial charge < -0.3 is 10.4 Å². The van der Waals surface area contributed by atoms with Gasteiger partial charge in [-0.1, -0.05) is 18.2 Å². The monoisotopic (exact) mass is 388 g/mol. The van der Waals surface area contributed by atoms with Crippen molar-refractivity contribution in [3.05, 3.63) is 65.7 Å². The van der Waals surface area contributed by atoms with E-state index in [-0.39, 0.29) is 11.6 Å². The number of benzene rings is 2. The lowest BCUT2D eigenvalue weighted by Gasteiger charge is -2.12. The van der Waals surface area contributed by atoms with Gasteiger partial charge >= 0.3 is 10.2 Å². The van der Waals surface area contributed by atoms with Gasteiger partial charge in [-0.3, -0.25) is 4.79 Å². The van der Waals surface area contributed by atoms with Crippen molar-refractivity contribution < 1.29 is 18.3 Å². The molecule has 0 radical (unpaired) electrons. The van der Waals surface area contributed by atoms with Crippen LogP contribution in [0, 0.1) is 0 Å². The largest absolute Gasteiger partial charge is 0.382 e. The number of aliphatic hydroxyl groups excluding tert-OH is 1. The van der Waals surface area contributed by atoms with Crippen LogP contribution in [0.5, 0.6) is 0 Å². The number of nitrogens with zero attached hydrogens (tertiary/aromatic N) is 3. The van der Waals surface area contributed by atoms with Crippen LogP contribution in [0.4, 0.5) is 0 Å². The van der Waals surface area contributed by atoms with Crippen molar-refractivity contribution >= 4 is 26.9 Å². The quantitative estimate of drug-likeness (QED) is 0.682. The maximum atomic E-state index is 12.1. The second-order valence-corrected chi connectivity index (χ2v) is 8.27. The molecule has 1 aromatic heterocycles. The first-order chi connectivity index (χ1) is 12.7. The number of rotatable bonds is 5. The van der Waals surface area contributed by atoms with Crippen molar-refractivity contribution in [3.8, 4) is 0 Å². The second-order valence-electron chi connectivity index (χ2n) is 6.22. The number of amides is 1. The number of hydrogen-bond acceptors (Lipinski definition) is 5. The summed E-state index contributed by atoms with van der Waals surface area (Å²) in [5, 5.41) is 14.9. The van der Waals surface area contributed by atoms with E-state index in [1.807, 2.05) is 0 Å². The minimum absolute atomic E-state index is 0.173. The fourth-order valence-corrected chi connectivity index (χ4v) is 3.45. The van der Waals surface area contributed by atoms with Gasteiger partial charge in [-0.05, 0) is 34.5 Å². The van der Waals surface area contributed by atoms with Gasteiger partial charge in [-0.2, -0.15) is 12.7 Å². The topological polar surface area (TPSA) is 105 Å². The molecule has 1 heterocycles. The smallest absolute Gasteiger partial charge is 0.308 e. The van der Waals surface area contributed by atoms with Gasteiger partial charge in [0.05, 0.1) is 5.69 Å². The molecule has 0 saturated carbocycles. The van der Waals surface area contributed by atoms with Crippen molar-refractivity contribution in [2.75, 3.05) is 21.1 Å². The fraction of sp³-hybridized carbons (Fsp3) is 0.222. The number of hydrogen-bond donors (Lipinski definition) is 2. The molecule has 2 aromatic carbocycles. The Morgan fingerprint density at radius 1 is 1.19 bits per heavy atom. The first-order valence-corrected chi connectivity index (χ1v) is 9.54. The SMILES string of the molecule is CNC(=O)c1ccc2cc(C(O)c3cn(S(=O)(=O)N(C)C)cn3)ccc2c1. The number of carbonyl (C=O) groups excluding carboxylic acids is 1. The van der Waals surface area contributed by atoms with Crippen LogP contribution in [-0.4, -0.2) is 53.8 Å². The predicted molar refractivity (Wildman–Crippen MR) is 102 cm³/mol. The van der Waals surface area contributed by atoms with E-state index in [1.165, 1.54) is 20.3 Å². The number of nitrogens with one attached hydrogen (secondary N) is 1. The summed E-state index contributed by atoms with van der Waals surface area (Å²) in [6, 6.07) is 10.6. The molecule has 1 unspecified atom stereocenters. The molecule has 0 aliphatic rings. The molecule has 142 valence electrons. The zero-order chi connectivity index (χ0) is 19.8. The summed E-state index contributed by atoms with van der Waals surface area (Å²) in [6.45, 7) is 0. The predicted octanol–water partition coefficient (Wildman–Crippen LogP) is 1.13. The summed E-state index contributed by atoms with van der Waals surface area (Å²) in [7, 11) is 0.725. The molecular formula is C18H20N4O4S. The van der Waals surface area contributed by atoms with Gasteiger partial charge in [0, 0.05) is 32.9 Å². The molecule has 2 N–H and O–H groups in total. The van der Waals surface area contributed by atoms with E-state index in [1.54, 1.807) is 43.4 Å². The molecule has 1 amide bonds. The molecule has 1 atom stereocenters. The zero-order valence-electron chi connectivity index (χ0n) is 15.1. The molecule has 8 nitrogen and oxygen atoms in total. The molecule has 0 fully saturated rings. The fourth-order valence-electron chi connectivity index (χ4n) is 2.67. The summed E-state index contributed by atoms with van der Waals surface area (Å²) < 4.78 is 26.3. The number of aromatic nitrogens is 2. The van der Waals surface area contributed by atoms with E-state index in [2.05, 4.69) is 10.3 Å². The Morgan fingerprint density at radius 3 is 2.52 bits per heavy atom. The molecule has 3 rings (SSSR count). The Bertz CT molecular complexity index is 1110. The van der Waals surface area contributed by atoms with Crippen molar-refractivity contribution in [1.29, 1.82) is 0 Å². The summed E-state index contributed by atoms with van der Waals surface area (Å²) in [4.78, 5) is 15.8. The average Bonchev–Trinajstić information content (AvgIpc) is 3.16. The minimum Gasteiger partial charge on any atom is -0.382 e. The van der Waals surface area contributed by atoms with E-state index < -0.39 is 16.3 Å². The molecule has 3 aromatic rings. The molecule has 27 heavy (non-hydrogen) atoms. The van der Waals surface area contributed by atoms with Crippen LogP contribution in [0.15, 0.2) is 48.9 Å². The van der Waals surface area contributed by atoms with Crippen LogP contribution < -0.4 is 5.32 Å². The lowest BCUT2D eigenvalue weighted by Crippen LogP contribution is -2.27. The Labute approximate surface area is 157 Å². The summed E-state index contributed by atoms with van der Waals surface area (Å²) in [5.74, 6) is -0.173. The van der Waals surface area contributed by atoms with Gasteiger partial charge in [0.15, 0.2) is 0 Å². The van der Waals surface area contributed by atoms with Crippen molar-refractivity contribution in [2.24, 2.45) is 0 Å². The molecular weight excluding hydrogens is 368 g/mol. The summed E-state index contributed by atoms with van der Waals surface area (Å²) in [5.41, 5.74) is 1.34. The number of fused-ring (bicyclic) bond motifs is 1. The van der Waals surface area contributed by atoms with Crippen LogP contribution >= 0.6 is 0 Å². The van der Waals surface area contributed by atoms with Gasteiger partial charge in [0.2, 0.25) is 0 Å². The summed E-state index contributed by atoms with van der Waals surface area (Å²) in [6.07, 6.45) is 1.37. The minimum atomic E-state index is -3.68. The first-order valence-electron chi connectivity index (χ1n) is 8.15. The highest BCUT2D eigenvalue weighted by atomic mass is 32.2. The van der Waals surface area contributed by atoms with E-state index in [9.17, 15) is 18.3 Å². The standard InChI is InChI=1S/C18H20N4O4S/c1-19-18(24)15-7-5-12-8-14(6-4-13(12)9-15)17(23)16-10-22(11-20-16)27(25,26)21(2)3/h4-11,17,23H,1-3H3,(H,19,24). The Morgan fingerprint density at radius 2 is 1.85 bits per heavy atom. The van der Waals surface area contributed by atoms with E-state index >= 15 is 0 Å². The highest BCUT2D eigenvalue weighted by Gasteiger charge is 2.20. The van der Waals surface area contributed by atoms with Crippen molar-refractivity contribution in [1.82, 2.24) is 18.6 Å². The van der Waals surface area contributed by atoms with Crippen LogP contribution in [0.2, 0.25) is 0 Å². The molecule has 9 heteroatoms. The van der Waals surface area contributed by atoms with Crippen LogP contribution in [0.1, 0.15) is 27.7 Å². The first kappa shape index (κ1) is 19.0. The maximum absolute atomic E-state index is 12.1. The maximum Gasteiger partial charge on any atom is 0.308 e. The Kier molecular flexibility index (Phi) is 5.01. The van der Waals surface area contributed by atoms with Crippen LogP contribution in [0.25, 0.3) is 10.8 Å². The third kappa shape index (κ3) is 3.57. The van der Waals surface area contributed by atoms with E-state index in [0.29, 0.717) is 11.1 Å². The van der Waals surface area contributed by atoms with Gasteiger partial charge in [-0.15, -0.1) is 0 Å². The third-order valence-corrected chi connectivity index (χ3v) is 5.91. The molecule has 0 aliphatic carbocycles. The normalized spacial score (nSPS) is 13.1. The average molecular weight is 388 g/mol. The molecule has 0 spiro atoms. The van der Waals surface area contributed by atoms with Gasteiger partial charge in [0.1, 0.15) is 12.4 Å². The molecule has 0 saturated heterocycles. The highest BCUT2D eigenvalue weighted by molar-refractivity contribution is 7.87. The van der Waals surface area contributed by atoms with Crippen molar-refractivity contribution in [3.63, 3.8) is 0 Å². The molecule has 0 bridgehead atoms. The lowest BCUT2D eigenvalue weighted by atomic mass is 10.0. The van der Waals surface area contributed by atoms with Gasteiger partial charge in [0.25, 0.3) is 5.91 Å². The van der Waals surface area contributed by atoms with Gasteiger partial charge in [-0.25, -0.2) is 8.96 Å². The van der Waals surface area contributed by atoms with Crippen LogP contribution in [-0.2, 0) is 10.2 Å². The van der Waals surface area contributed by atoms with E-state index in [0.717, 1.165) is 25.4 Å². The van der Waals surface area contributed by atoms with Crippen LogP contribution in [0.3, 0.4) is 0 Å². The number of carbonyl (C=O) groups is 1. The molecule has 0 aliphatic heterocycles. The highest BCUT2D eigenvalue weighted by Crippen LogP contribution is 2.25.